The van der Waals surface area contributed by atoms with E-state index in [1.807, 2.05) is 11.8 Å². The Hall–Kier alpha value is -1.43. The zero-order chi connectivity index (χ0) is 13.9. The number of aryl methyl sites for hydroxylation is 1. The van der Waals surface area contributed by atoms with E-state index in [0.717, 1.165) is 31.8 Å². The lowest BCUT2D eigenvalue weighted by Crippen LogP contribution is -2.43. The van der Waals surface area contributed by atoms with Crippen LogP contribution in [-0.4, -0.2) is 47.1 Å². The topological polar surface area (TPSA) is 71.3 Å². The summed E-state index contributed by atoms with van der Waals surface area (Å²) in [6.45, 7) is 4.79. The number of amides is 1. The Bertz CT molecular complexity index is 469. The number of hydrogen-bond acceptors (Lipinski definition) is 5. The van der Waals surface area contributed by atoms with Crippen molar-refractivity contribution in [2.45, 2.75) is 38.5 Å². The largest absolute Gasteiger partial charge is 0.341 e. The number of nitrogens with one attached hydrogen (secondary N) is 1. The van der Waals surface area contributed by atoms with E-state index in [-0.39, 0.29) is 11.8 Å². The molecule has 1 N–H and O–H groups in total. The van der Waals surface area contributed by atoms with Crippen molar-refractivity contribution < 1.29 is 9.32 Å². The van der Waals surface area contributed by atoms with Crippen LogP contribution >= 0.6 is 0 Å². The number of rotatable bonds is 5. The fourth-order valence-corrected chi connectivity index (χ4v) is 2.70. The number of likely N-dealkylation sites (tertiary alicyclic amines) is 1. The molecular formula is C14H22N4O2. The van der Waals surface area contributed by atoms with Gasteiger partial charge in [0.15, 0.2) is 5.82 Å². The first-order chi connectivity index (χ1) is 9.72. The van der Waals surface area contributed by atoms with Gasteiger partial charge in [0.25, 0.3) is 0 Å². The lowest BCUT2D eigenvalue weighted by Gasteiger charge is -2.31. The molecule has 1 saturated carbocycles. The molecule has 2 heterocycles. The molecule has 1 amide bonds. The van der Waals surface area contributed by atoms with Crippen LogP contribution in [0.1, 0.15) is 43.3 Å². The summed E-state index contributed by atoms with van der Waals surface area (Å²) in [5.41, 5.74) is 0. The van der Waals surface area contributed by atoms with Gasteiger partial charge in [-0.1, -0.05) is 5.16 Å². The molecular weight excluding hydrogens is 256 g/mol. The van der Waals surface area contributed by atoms with Crippen LogP contribution in [-0.2, 0) is 4.79 Å². The average Bonchev–Trinajstić information content (AvgIpc) is 3.18. The number of carbonyl (C=O) groups is 1. The van der Waals surface area contributed by atoms with Gasteiger partial charge in [0.05, 0.1) is 12.5 Å². The van der Waals surface area contributed by atoms with E-state index in [9.17, 15) is 4.79 Å². The quantitative estimate of drug-likeness (QED) is 0.872. The molecule has 2 fully saturated rings. The van der Waals surface area contributed by atoms with Gasteiger partial charge in [-0.2, -0.15) is 4.98 Å². The third-order valence-corrected chi connectivity index (χ3v) is 4.07. The second-order valence-electron chi connectivity index (χ2n) is 5.93. The predicted octanol–water partition coefficient (Wildman–Crippen LogP) is 1.08. The van der Waals surface area contributed by atoms with Crippen LogP contribution in [0, 0.1) is 12.8 Å². The smallest absolute Gasteiger partial charge is 0.236 e. The van der Waals surface area contributed by atoms with Gasteiger partial charge in [-0.25, -0.2) is 0 Å². The summed E-state index contributed by atoms with van der Waals surface area (Å²) >= 11 is 0. The van der Waals surface area contributed by atoms with Gasteiger partial charge >= 0.3 is 0 Å². The van der Waals surface area contributed by atoms with E-state index in [1.54, 1.807) is 0 Å². The maximum absolute atomic E-state index is 12.2. The molecule has 110 valence electrons. The highest BCUT2D eigenvalue weighted by Crippen LogP contribution is 2.28. The molecule has 1 atom stereocenters. The van der Waals surface area contributed by atoms with E-state index in [2.05, 4.69) is 15.5 Å². The van der Waals surface area contributed by atoms with Crippen LogP contribution in [0.15, 0.2) is 4.52 Å². The van der Waals surface area contributed by atoms with Crippen LogP contribution in [0.3, 0.4) is 0 Å². The van der Waals surface area contributed by atoms with Crippen molar-refractivity contribution in [2.75, 3.05) is 26.2 Å². The second-order valence-corrected chi connectivity index (χ2v) is 5.93. The fraction of sp³-hybridized carbons (Fsp3) is 0.786. The predicted molar refractivity (Wildman–Crippen MR) is 73.2 cm³/mol. The molecule has 6 nitrogen and oxygen atoms in total. The highest BCUT2D eigenvalue weighted by atomic mass is 16.5. The van der Waals surface area contributed by atoms with Crippen molar-refractivity contribution in [3.8, 4) is 0 Å². The maximum atomic E-state index is 12.2. The summed E-state index contributed by atoms with van der Waals surface area (Å²) in [5.74, 6) is 2.52. The summed E-state index contributed by atoms with van der Waals surface area (Å²) in [4.78, 5) is 18.4. The third-order valence-electron chi connectivity index (χ3n) is 4.07. The third kappa shape index (κ3) is 3.36. The Kier molecular flexibility index (Phi) is 4.00. The molecule has 1 saturated heterocycles. The van der Waals surface area contributed by atoms with Gasteiger partial charge in [-0.05, 0) is 45.1 Å². The molecule has 20 heavy (non-hydrogen) atoms. The lowest BCUT2D eigenvalue weighted by molar-refractivity contribution is -0.131. The van der Waals surface area contributed by atoms with Crippen LogP contribution in [0.25, 0.3) is 0 Å². The SMILES string of the molecule is Cc1noc(C2CCCN(C(=O)CNCC3CC3)C2)n1. The van der Waals surface area contributed by atoms with Crippen molar-refractivity contribution in [1.29, 1.82) is 0 Å². The molecule has 1 unspecified atom stereocenters. The highest BCUT2D eigenvalue weighted by Gasteiger charge is 2.28. The number of carbonyl (C=O) groups excluding carboxylic acids is 1. The van der Waals surface area contributed by atoms with Gasteiger partial charge in [0, 0.05) is 13.1 Å². The highest BCUT2D eigenvalue weighted by molar-refractivity contribution is 5.78. The van der Waals surface area contributed by atoms with E-state index in [0.29, 0.717) is 24.8 Å². The summed E-state index contributed by atoms with van der Waals surface area (Å²) in [7, 11) is 0. The van der Waals surface area contributed by atoms with Gasteiger partial charge in [0.1, 0.15) is 0 Å². The van der Waals surface area contributed by atoms with E-state index in [4.69, 9.17) is 4.52 Å². The first-order valence-corrected chi connectivity index (χ1v) is 7.51. The number of hydrogen-bond donors (Lipinski definition) is 1. The fourth-order valence-electron chi connectivity index (χ4n) is 2.70. The van der Waals surface area contributed by atoms with Crippen LogP contribution in [0.2, 0.25) is 0 Å². The van der Waals surface area contributed by atoms with E-state index < -0.39 is 0 Å². The summed E-state index contributed by atoms with van der Waals surface area (Å²) in [6, 6.07) is 0. The minimum absolute atomic E-state index is 0.187. The Labute approximate surface area is 118 Å². The molecule has 1 aromatic rings. The van der Waals surface area contributed by atoms with E-state index >= 15 is 0 Å². The van der Waals surface area contributed by atoms with Gasteiger partial charge in [0.2, 0.25) is 11.8 Å². The zero-order valence-corrected chi connectivity index (χ0v) is 12.0. The second kappa shape index (κ2) is 5.91. The molecule has 0 spiro atoms. The average molecular weight is 278 g/mol. The molecule has 1 aliphatic heterocycles. The minimum atomic E-state index is 0.187. The van der Waals surface area contributed by atoms with Crippen LogP contribution < -0.4 is 5.32 Å². The number of aromatic nitrogens is 2. The standard InChI is InChI=1S/C14H22N4O2/c1-10-16-14(20-17-10)12-3-2-6-18(9-12)13(19)8-15-7-11-4-5-11/h11-12,15H,2-9H2,1H3. The maximum Gasteiger partial charge on any atom is 0.236 e. The monoisotopic (exact) mass is 278 g/mol. The Morgan fingerprint density at radius 3 is 3.00 bits per heavy atom. The Morgan fingerprint density at radius 1 is 1.45 bits per heavy atom. The van der Waals surface area contributed by atoms with Gasteiger partial charge in [-0.3, -0.25) is 4.79 Å². The molecule has 3 rings (SSSR count). The van der Waals surface area contributed by atoms with Crippen molar-refractivity contribution in [3.63, 3.8) is 0 Å². The Balaban J connectivity index is 1.50. The first-order valence-electron chi connectivity index (χ1n) is 7.51. The Morgan fingerprint density at radius 2 is 2.30 bits per heavy atom. The number of nitrogens with zero attached hydrogens (tertiary/aromatic N) is 3. The van der Waals surface area contributed by atoms with Crippen molar-refractivity contribution in [3.05, 3.63) is 11.7 Å². The van der Waals surface area contributed by atoms with Crippen molar-refractivity contribution >= 4 is 5.91 Å². The summed E-state index contributed by atoms with van der Waals surface area (Å²) in [5, 5.41) is 7.10. The molecule has 0 aromatic carbocycles. The lowest BCUT2D eigenvalue weighted by atomic mass is 9.98. The zero-order valence-electron chi connectivity index (χ0n) is 12.0. The minimum Gasteiger partial charge on any atom is -0.341 e. The van der Waals surface area contributed by atoms with Gasteiger partial charge < -0.3 is 14.7 Å². The summed E-state index contributed by atoms with van der Waals surface area (Å²) < 4.78 is 5.24. The van der Waals surface area contributed by atoms with Crippen molar-refractivity contribution in [2.24, 2.45) is 5.92 Å². The molecule has 0 radical (unpaired) electrons. The molecule has 1 aromatic heterocycles. The normalized spacial score (nSPS) is 23.1. The van der Waals surface area contributed by atoms with Crippen molar-refractivity contribution in [1.82, 2.24) is 20.4 Å². The van der Waals surface area contributed by atoms with E-state index in [1.165, 1.54) is 12.8 Å². The summed E-state index contributed by atoms with van der Waals surface area (Å²) in [6.07, 6.45) is 4.63. The molecule has 2 aliphatic rings. The molecule has 1 aliphatic carbocycles. The molecule has 6 heteroatoms. The molecule has 0 bridgehead atoms. The number of piperidine rings is 1. The van der Waals surface area contributed by atoms with Crippen LogP contribution in [0.5, 0.6) is 0 Å². The van der Waals surface area contributed by atoms with Gasteiger partial charge in [-0.15, -0.1) is 0 Å². The first kappa shape index (κ1) is 13.5. The van der Waals surface area contributed by atoms with Crippen LogP contribution in [0.4, 0.5) is 0 Å².